The van der Waals surface area contributed by atoms with Gasteiger partial charge in [-0.15, -0.1) is 0 Å². The van der Waals surface area contributed by atoms with Gasteiger partial charge in [0.05, 0.1) is 48.3 Å². The molecule has 1 aliphatic heterocycles. The summed E-state index contributed by atoms with van der Waals surface area (Å²) in [7, 11) is 1.42. The average Bonchev–Trinajstić information content (AvgIpc) is 3.21. The Morgan fingerprint density at radius 3 is 2.72 bits per heavy atom. The van der Waals surface area contributed by atoms with Gasteiger partial charge in [0.1, 0.15) is 12.2 Å². The summed E-state index contributed by atoms with van der Waals surface area (Å²) in [4.78, 5) is 13.2. The van der Waals surface area contributed by atoms with Crippen molar-refractivity contribution in [3.63, 3.8) is 0 Å². The van der Waals surface area contributed by atoms with Gasteiger partial charge in [-0.1, -0.05) is 6.92 Å². The van der Waals surface area contributed by atoms with Gasteiger partial charge in [0.15, 0.2) is 0 Å². The molecule has 29 heavy (non-hydrogen) atoms. The van der Waals surface area contributed by atoms with Crippen LogP contribution in [0.3, 0.4) is 0 Å². The molecular formula is C21H30O8. The lowest BCUT2D eigenvalue weighted by Gasteiger charge is -2.68. The third-order valence-corrected chi connectivity index (χ3v) is 8.03. The van der Waals surface area contributed by atoms with Crippen molar-refractivity contribution in [1.29, 1.82) is 0 Å². The van der Waals surface area contributed by atoms with E-state index in [1.807, 2.05) is 6.92 Å². The molecule has 4 rings (SSSR count). The Kier molecular flexibility index (Phi) is 5.07. The van der Waals surface area contributed by atoms with Crippen molar-refractivity contribution in [2.45, 2.75) is 56.5 Å². The molecule has 8 nitrogen and oxygen atoms in total. The monoisotopic (exact) mass is 410 g/mol. The van der Waals surface area contributed by atoms with Crippen LogP contribution in [0.25, 0.3) is 0 Å². The molecule has 2 aliphatic carbocycles. The summed E-state index contributed by atoms with van der Waals surface area (Å²) in [5.41, 5.74) is -3.58. The Hall–Kier alpha value is -1.45. The Balaban J connectivity index is 1.83. The van der Waals surface area contributed by atoms with E-state index in [0.29, 0.717) is 12.0 Å². The van der Waals surface area contributed by atoms with E-state index in [4.69, 9.17) is 13.9 Å². The normalized spacial score (nSPS) is 45.4. The predicted molar refractivity (Wildman–Crippen MR) is 99.5 cm³/mol. The second kappa shape index (κ2) is 7.06. The van der Waals surface area contributed by atoms with Gasteiger partial charge in [0.25, 0.3) is 0 Å². The predicted octanol–water partition coefficient (Wildman–Crippen LogP) is 0.782. The summed E-state index contributed by atoms with van der Waals surface area (Å²) in [6, 6.07) is 1.65. The number of furan rings is 1. The third kappa shape index (κ3) is 2.59. The molecule has 162 valence electrons. The smallest absolute Gasteiger partial charge is 0.312 e. The van der Waals surface area contributed by atoms with Crippen molar-refractivity contribution in [3.8, 4) is 0 Å². The molecule has 0 amide bonds. The molecule has 2 heterocycles. The molecule has 2 bridgehead atoms. The second-order valence-corrected chi connectivity index (χ2v) is 9.09. The largest absolute Gasteiger partial charge is 0.472 e. The first-order valence-electron chi connectivity index (χ1n) is 10.2. The Morgan fingerprint density at radius 2 is 2.07 bits per heavy atom. The van der Waals surface area contributed by atoms with Crippen LogP contribution in [0.1, 0.15) is 44.3 Å². The number of cyclic esters (lactones) is 1. The van der Waals surface area contributed by atoms with Crippen molar-refractivity contribution >= 4 is 5.97 Å². The van der Waals surface area contributed by atoms with Crippen LogP contribution in [0, 0.1) is 22.7 Å². The summed E-state index contributed by atoms with van der Waals surface area (Å²) in [6.45, 7) is 1.50. The molecule has 0 aromatic carbocycles. The van der Waals surface area contributed by atoms with Crippen molar-refractivity contribution in [2.24, 2.45) is 22.7 Å². The maximum absolute atomic E-state index is 13.2. The van der Waals surface area contributed by atoms with E-state index in [9.17, 15) is 25.2 Å². The van der Waals surface area contributed by atoms with Gasteiger partial charge in [0, 0.05) is 12.7 Å². The average molecular weight is 410 g/mol. The molecule has 4 N–H and O–H groups in total. The molecule has 0 radical (unpaired) electrons. The summed E-state index contributed by atoms with van der Waals surface area (Å²) in [5.74, 6) is -1.18. The highest BCUT2D eigenvalue weighted by molar-refractivity contribution is 5.79. The van der Waals surface area contributed by atoms with Crippen molar-refractivity contribution in [2.75, 3.05) is 20.3 Å². The summed E-state index contributed by atoms with van der Waals surface area (Å²) in [6.07, 6.45) is 0.883. The maximum atomic E-state index is 13.2. The fraction of sp³-hybridized carbons (Fsp3) is 0.762. The zero-order valence-electron chi connectivity index (χ0n) is 16.8. The van der Waals surface area contributed by atoms with Crippen LogP contribution in [0.4, 0.5) is 0 Å². The standard InChI is InChI=1S/C21H30O8/c1-12-7-17(24)20-10-29-18(25)19(12,8-14(22)13-5-6-28-9-13)15(20)3-4-16(23)21(20,26)11-27-2/h5-6,9,12,14-17,22-24,26H,3-4,7-8,10-11H2,1-2H3. The lowest BCUT2D eigenvalue weighted by atomic mass is 9.40. The lowest BCUT2D eigenvalue weighted by Crippen LogP contribution is -2.78. The van der Waals surface area contributed by atoms with E-state index in [1.165, 1.54) is 19.6 Å². The first-order chi connectivity index (χ1) is 13.7. The SMILES string of the molecule is COCC1(O)C(O)CCC2C3(CC(O)c4ccoc4)C(=O)OCC21C(O)CC3C. The zero-order valence-corrected chi connectivity index (χ0v) is 16.8. The Labute approximate surface area is 169 Å². The number of carbonyl (C=O) groups excluding carboxylic acids is 1. The summed E-state index contributed by atoms with van der Waals surface area (Å²) >= 11 is 0. The molecule has 8 atom stereocenters. The van der Waals surface area contributed by atoms with Gasteiger partial charge in [-0.05, 0) is 43.6 Å². The van der Waals surface area contributed by atoms with Gasteiger partial charge in [-0.3, -0.25) is 4.79 Å². The number of hydrogen-bond donors (Lipinski definition) is 4. The minimum atomic E-state index is -1.77. The number of carbonyl (C=O) groups is 1. The van der Waals surface area contributed by atoms with Crippen LogP contribution < -0.4 is 0 Å². The van der Waals surface area contributed by atoms with Crippen LogP contribution >= 0.6 is 0 Å². The fourth-order valence-corrected chi connectivity index (χ4v) is 6.53. The van der Waals surface area contributed by atoms with Gasteiger partial charge in [-0.25, -0.2) is 0 Å². The van der Waals surface area contributed by atoms with Gasteiger partial charge in [0.2, 0.25) is 0 Å². The molecule has 8 heteroatoms. The summed E-state index contributed by atoms with van der Waals surface area (Å²) in [5, 5.41) is 44.4. The highest BCUT2D eigenvalue weighted by Crippen LogP contribution is 2.67. The first kappa shape index (κ1) is 20.8. The van der Waals surface area contributed by atoms with Gasteiger partial charge in [-0.2, -0.15) is 0 Å². The number of methoxy groups -OCH3 is 1. The quantitative estimate of drug-likeness (QED) is 0.524. The van der Waals surface area contributed by atoms with Crippen LogP contribution in [-0.2, 0) is 14.3 Å². The van der Waals surface area contributed by atoms with E-state index in [0.717, 1.165) is 0 Å². The molecular weight excluding hydrogens is 380 g/mol. The highest BCUT2D eigenvalue weighted by Gasteiger charge is 2.76. The van der Waals surface area contributed by atoms with Crippen LogP contribution in [-0.4, -0.2) is 64.5 Å². The van der Waals surface area contributed by atoms with Crippen molar-refractivity contribution in [3.05, 3.63) is 24.2 Å². The molecule has 3 aliphatic rings. The molecule has 1 aromatic heterocycles. The fourth-order valence-electron chi connectivity index (χ4n) is 6.53. The molecule has 0 spiro atoms. The van der Waals surface area contributed by atoms with Gasteiger partial charge < -0.3 is 34.3 Å². The second-order valence-electron chi connectivity index (χ2n) is 9.09. The molecule has 1 saturated heterocycles. The topological polar surface area (TPSA) is 130 Å². The zero-order chi connectivity index (χ0) is 21.0. The van der Waals surface area contributed by atoms with E-state index in [1.54, 1.807) is 6.07 Å². The van der Waals surface area contributed by atoms with Crippen LogP contribution in [0.5, 0.6) is 0 Å². The van der Waals surface area contributed by atoms with Crippen LogP contribution in [0.2, 0.25) is 0 Å². The number of rotatable bonds is 5. The highest BCUT2D eigenvalue weighted by atomic mass is 16.5. The summed E-state index contributed by atoms with van der Waals surface area (Å²) < 4.78 is 15.9. The Morgan fingerprint density at radius 1 is 1.31 bits per heavy atom. The minimum absolute atomic E-state index is 0.0881. The number of aliphatic hydroxyl groups excluding tert-OH is 3. The van der Waals surface area contributed by atoms with E-state index >= 15 is 0 Å². The number of esters is 1. The first-order valence-corrected chi connectivity index (χ1v) is 10.2. The molecule has 1 aromatic rings. The number of aliphatic hydroxyl groups is 4. The lowest BCUT2D eigenvalue weighted by molar-refractivity contribution is -0.328. The molecule has 2 saturated carbocycles. The maximum Gasteiger partial charge on any atom is 0.312 e. The Bertz CT molecular complexity index is 750. The number of ether oxygens (including phenoxy) is 2. The molecule has 3 fully saturated rings. The van der Waals surface area contributed by atoms with Crippen molar-refractivity contribution < 1.29 is 39.1 Å². The van der Waals surface area contributed by atoms with E-state index in [2.05, 4.69) is 0 Å². The minimum Gasteiger partial charge on any atom is -0.472 e. The molecule has 8 unspecified atom stereocenters. The third-order valence-electron chi connectivity index (χ3n) is 8.03. The van der Waals surface area contributed by atoms with Gasteiger partial charge >= 0.3 is 5.97 Å². The van der Waals surface area contributed by atoms with Crippen molar-refractivity contribution in [1.82, 2.24) is 0 Å². The van der Waals surface area contributed by atoms with E-state index < -0.39 is 46.6 Å². The number of hydrogen-bond acceptors (Lipinski definition) is 8. The van der Waals surface area contributed by atoms with E-state index in [-0.39, 0.29) is 38.4 Å². The van der Waals surface area contributed by atoms with Crippen LogP contribution in [0.15, 0.2) is 23.0 Å².